The number of rotatable bonds is 9. The molecule has 1 saturated heterocycles. The zero-order chi connectivity index (χ0) is 26.2. The lowest BCUT2D eigenvalue weighted by atomic mass is 9.99. The number of nitrogens with one attached hydrogen (secondary N) is 2. The molecule has 1 aliphatic rings. The van der Waals surface area contributed by atoms with E-state index in [9.17, 15) is 14.4 Å². The summed E-state index contributed by atoms with van der Waals surface area (Å²) in [6, 6.07) is 12.4. The number of carboxylic acid groups (broad SMARTS) is 1. The Morgan fingerprint density at radius 2 is 1.78 bits per heavy atom. The van der Waals surface area contributed by atoms with Gasteiger partial charge < -0.3 is 25.4 Å². The molecule has 0 saturated carbocycles. The minimum atomic E-state index is -0.805. The van der Waals surface area contributed by atoms with E-state index in [0.717, 1.165) is 31.5 Å². The minimum absolute atomic E-state index is 0.00130. The van der Waals surface area contributed by atoms with Crippen LogP contribution in [0.15, 0.2) is 42.5 Å². The quantitative estimate of drug-likeness (QED) is 0.463. The van der Waals surface area contributed by atoms with Crippen LogP contribution in [0.3, 0.4) is 0 Å². The number of likely N-dealkylation sites (tertiary alicyclic amines) is 1. The van der Waals surface area contributed by atoms with Crippen LogP contribution in [0.25, 0.3) is 0 Å². The Balaban J connectivity index is 1.74. The molecule has 9 heteroatoms. The van der Waals surface area contributed by atoms with Crippen molar-refractivity contribution in [1.29, 1.82) is 0 Å². The number of carboxylic acids is 1. The summed E-state index contributed by atoms with van der Waals surface area (Å²) in [6.07, 6.45) is 1.95. The summed E-state index contributed by atoms with van der Waals surface area (Å²) in [6.45, 7) is 7.13. The number of hydrogen-bond acceptors (Lipinski definition) is 5. The molecule has 36 heavy (non-hydrogen) atoms. The number of anilines is 3. The third-order valence-corrected chi connectivity index (χ3v) is 6.63. The van der Waals surface area contributed by atoms with E-state index in [0.29, 0.717) is 29.2 Å². The lowest BCUT2D eigenvalue weighted by Gasteiger charge is -2.40. The second kappa shape index (κ2) is 12.4. The van der Waals surface area contributed by atoms with Crippen LogP contribution in [0, 0.1) is 6.92 Å². The molecule has 0 aromatic heterocycles. The zero-order valence-corrected chi connectivity index (χ0v) is 21.4. The monoisotopic (exact) mass is 496 g/mol. The topological polar surface area (TPSA) is 111 Å². The van der Waals surface area contributed by atoms with Gasteiger partial charge >= 0.3 is 12.0 Å². The Hall–Kier alpha value is -3.59. The molecular weight excluding hydrogens is 460 g/mol. The van der Waals surface area contributed by atoms with Gasteiger partial charge in [0.05, 0.1) is 19.2 Å². The van der Waals surface area contributed by atoms with Crippen LogP contribution in [0.2, 0.25) is 0 Å². The number of benzene rings is 2. The second-order valence-corrected chi connectivity index (χ2v) is 9.11. The smallest absolute Gasteiger partial charge is 0.323 e. The van der Waals surface area contributed by atoms with Crippen molar-refractivity contribution in [1.82, 2.24) is 4.90 Å². The summed E-state index contributed by atoms with van der Waals surface area (Å²) in [4.78, 5) is 40.6. The molecule has 0 spiro atoms. The number of para-hydroxylation sites is 1. The van der Waals surface area contributed by atoms with Crippen LogP contribution in [0.4, 0.5) is 21.9 Å². The lowest BCUT2D eigenvalue weighted by molar-refractivity contribution is -0.138. The molecule has 1 unspecified atom stereocenters. The third-order valence-electron chi connectivity index (χ3n) is 6.63. The maximum Gasteiger partial charge on any atom is 0.323 e. The standard InChI is InChI=1S/C27H36N4O5/c1-5-25(32)31(20-12-14-30(15-13-20)19(3)16-26(33)34)21-10-11-23(24(17-21)36-4)29-27(35)28-22-9-7-6-8-18(22)2/h6-11,17,19-20H,5,12-16H2,1-4H3,(H,33,34)(H2,28,29,35). The van der Waals surface area contributed by atoms with E-state index in [2.05, 4.69) is 15.5 Å². The normalized spacial score (nSPS) is 15.1. The molecule has 3 amide bonds. The Labute approximate surface area is 212 Å². The average Bonchev–Trinajstić information content (AvgIpc) is 2.86. The van der Waals surface area contributed by atoms with Crippen LogP contribution < -0.4 is 20.3 Å². The van der Waals surface area contributed by atoms with Gasteiger partial charge in [-0.05, 0) is 50.5 Å². The van der Waals surface area contributed by atoms with Crippen molar-refractivity contribution < 1.29 is 24.2 Å². The van der Waals surface area contributed by atoms with Crippen molar-refractivity contribution >= 4 is 35.0 Å². The largest absolute Gasteiger partial charge is 0.494 e. The number of urea groups is 1. The lowest BCUT2D eigenvalue weighted by Crippen LogP contribution is -2.49. The van der Waals surface area contributed by atoms with Crippen molar-refractivity contribution in [3.63, 3.8) is 0 Å². The maximum absolute atomic E-state index is 13.0. The van der Waals surface area contributed by atoms with Crippen molar-refractivity contribution in [3.8, 4) is 5.75 Å². The van der Waals surface area contributed by atoms with Crippen LogP contribution >= 0.6 is 0 Å². The van der Waals surface area contributed by atoms with Gasteiger partial charge in [0.15, 0.2) is 0 Å². The predicted octanol–water partition coefficient (Wildman–Crippen LogP) is 4.72. The first-order valence-electron chi connectivity index (χ1n) is 12.3. The van der Waals surface area contributed by atoms with Crippen LogP contribution in [0.5, 0.6) is 5.75 Å². The molecule has 2 aromatic carbocycles. The van der Waals surface area contributed by atoms with Gasteiger partial charge in [0.2, 0.25) is 5.91 Å². The van der Waals surface area contributed by atoms with E-state index in [1.165, 1.54) is 7.11 Å². The number of amides is 3. The van der Waals surface area contributed by atoms with E-state index in [-0.39, 0.29) is 30.4 Å². The fourth-order valence-electron chi connectivity index (χ4n) is 4.62. The zero-order valence-electron chi connectivity index (χ0n) is 21.4. The highest BCUT2D eigenvalue weighted by molar-refractivity contribution is 6.01. The highest BCUT2D eigenvalue weighted by Crippen LogP contribution is 2.33. The molecule has 194 valence electrons. The predicted molar refractivity (Wildman–Crippen MR) is 141 cm³/mol. The first kappa shape index (κ1) is 27.0. The second-order valence-electron chi connectivity index (χ2n) is 9.11. The number of methoxy groups -OCH3 is 1. The average molecular weight is 497 g/mol. The van der Waals surface area contributed by atoms with E-state index in [4.69, 9.17) is 9.84 Å². The van der Waals surface area contributed by atoms with Crippen molar-refractivity contribution in [3.05, 3.63) is 48.0 Å². The first-order chi connectivity index (χ1) is 17.2. The molecule has 1 atom stereocenters. The van der Waals surface area contributed by atoms with Gasteiger partial charge in [-0.3, -0.25) is 14.5 Å². The molecule has 9 nitrogen and oxygen atoms in total. The molecule has 2 aromatic rings. The Morgan fingerprint density at radius 3 is 2.39 bits per heavy atom. The summed E-state index contributed by atoms with van der Waals surface area (Å²) >= 11 is 0. The molecule has 1 aliphatic heterocycles. The summed E-state index contributed by atoms with van der Waals surface area (Å²) in [5, 5.41) is 14.8. The number of carbonyl (C=O) groups excluding carboxylic acids is 2. The molecule has 0 radical (unpaired) electrons. The van der Waals surface area contributed by atoms with Crippen molar-refractivity contribution in [2.75, 3.05) is 35.7 Å². The van der Waals surface area contributed by atoms with E-state index in [1.807, 2.05) is 56.0 Å². The van der Waals surface area contributed by atoms with Crippen molar-refractivity contribution in [2.24, 2.45) is 0 Å². The molecule has 1 heterocycles. The Bertz CT molecular complexity index is 1080. The van der Waals surface area contributed by atoms with Gasteiger partial charge in [-0.25, -0.2) is 4.79 Å². The summed E-state index contributed by atoms with van der Waals surface area (Å²) in [5.41, 5.74) is 2.87. The molecule has 1 fully saturated rings. The highest BCUT2D eigenvalue weighted by atomic mass is 16.5. The molecule has 0 aliphatic carbocycles. The Morgan fingerprint density at radius 1 is 1.11 bits per heavy atom. The van der Waals surface area contributed by atoms with Gasteiger partial charge in [-0.2, -0.15) is 0 Å². The summed E-state index contributed by atoms with van der Waals surface area (Å²) in [7, 11) is 1.53. The van der Waals surface area contributed by atoms with Crippen LogP contribution in [-0.2, 0) is 9.59 Å². The number of aliphatic carboxylic acids is 1. The molecule has 3 N–H and O–H groups in total. The van der Waals surface area contributed by atoms with Crippen LogP contribution in [-0.4, -0.2) is 60.2 Å². The fourth-order valence-corrected chi connectivity index (χ4v) is 4.62. The number of hydrogen-bond donors (Lipinski definition) is 3. The SMILES string of the molecule is CCC(=O)N(c1ccc(NC(=O)Nc2ccccc2C)c(OC)c1)C1CCN(C(C)CC(=O)O)CC1. The van der Waals surface area contributed by atoms with Crippen LogP contribution in [0.1, 0.15) is 45.1 Å². The number of nitrogens with zero attached hydrogens (tertiary/aromatic N) is 2. The van der Waals surface area contributed by atoms with E-state index < -0.39 is 5.97 Å². The number of piperidine rings is 1. The maximum atomic E-state index is 13.0. The van der Waals surface area contributed by atoms with E-state index >= 15 is 0 Å². The summed E-state index contributed by atoms with van der Waals surface area (Å²) < 4.78 is 5.55. The first-order valence-corrected chi connectivity index (χ1v) is 12.3. The highest BCUT2D eigenvalue weighted by Gasteiger charge is 2.31. The van der Waals surface area contributed by atoms with Gasteiger partial charge in [0.1, 0.15) is 5.75 Å². The molecule has 3 rings (SSSR count). The summed E-state index contributed by atoms with van der Waals surface area (Å²) in [5.74, 6) is -0.346. The molecular formula is C27H36N4O5. The number of carbonyl (C=O) groups is 3. The van der Waals surface area contributed by atoms with Gasteiger partial charge in [-0.1, -0.05) is 25.1 Å². The fraction of sp³-hybridized carbons (Fsp3) is 0.444. The third kappa shape index (κ3) is 6.75. The number of aryl methyl sites for hydroxylation is 1. The minimum Gasteiger partial charge on any atom is -0.494 e. The van der Waals surface area contributed by atoms with Crippen molar-refractivity contribution in [2.45, 2.75) is 58.5 Å². The van der Waals surface area contributed by atoms with Gasteiger partial charge in [-0.15, -0.1) is 0 Å². The van der Waals surface area contributed by atoms with Gasteiger partial charge in [0, 0.05) is 49.0 Å². The molecule has 0 bridgehead atoms. The number of ether oxygens (including phenoxy) is 1. The van der Waals surface area contributed by atoms with Gasteiger partial charge in [0.25, 0.3) is 0 Å². The van der Waals surface area contributed by atoms with E-state index in [1.54, 1.807) is 12.1 Å². The Kier molecular flexibility index (Phi) is 9.30.